The zero-order chi connectivity index (χ0) is 27.2. The van der Waals surface area contributed by atoms with E-state index in [2.05, 4.69) is 41.0 Å². The maximum atomic E-state index is 13.1. The number of urea groups is 1. The molecule has 2 aromatic heterocycles. The first kappa shape index (κ1) is 25.0. The van der Waals surface area contributed by atoms with Crippen molar-refractivity contribution in [3.05, 3.63) is 64.3 Å². The molecule has 11 nitrogen and oxygen atoms in total. The van der Waals surface area contributed by atoms with Gasteiger partial charge >= 0.3 is 12.2 Å². The highest BCUT2D eigenvalue weighted by molar-refractivity contribution is 6.31. The predicted molar refractivity (Wildman–Crippen MR) is 136 cm³/mol. The van der Waals surface area contributed by atoms with Crippen molar-refractivity contribution < 1.29 is 18.0 Å². The molecule has 38 heavy (non-hydrogen) atoms. The molecule has 0 fully saturated rings. The Morgan fingerprint density at radius 1 is 0.947 bits per heavy atom. The lowest BCUT2D eigenvalue weighted by Crippen LogP contribution is -2.28. The molecule has 5 rings (SSSR count). The second-order valence-electron chi connectivity index (χ2n) is 8.27. The van der Waals surface area contributed by atoms with Gasteiger partial charge in [0.1, 0.15) is 0 Å². The number of nitrogens with one attached hydrogen (secondary N) is 3. The van der Waals surface area contributed by atoms with Crippen LogP contribution in [0.5, 0.6) is 0 Å². The Morgan fingerprint density at radius 2 is 1.66 bits per heavy atom. The Hall–Kier alpha value is -4.72. The summed E-state index contributed by atoms with van der Waals surface area (Å²) in [6.07, 6.45) is -3.04. The molecule has 15 heteroatoms. The number of benzene rings is 2. The van der Waals surface area contributed by atoms with Gasteiger partial charge in [-0.25, -0.2) is 19.8 Å². The van der Waals surface area contributed by atoms with E-state index in [0.29, 0.717) is 17.2 Å². The van der Waals surface area contributed by atoms with E-state index in [1.54, 1.807) is 24.4 Å². The number of amides is 2. The number of aromatic nitrogens is 5. The van der Waals surface area contributed by atoms with Crippen molar-refractivity contribution in [3.63, 3.8) is 0 Å². The minimum absolute atomic E-state index is 0.0137. The van der Waals surface area contributed by atoms with E-state index in [-0.39, 0.29) is 29.2 Å². The molecule has 5 N–H and O–H groups in total. The van der Waals surface area contributed by atoms with Crippen LogP contribution in [0.15, 0.2) is 42.6 Å². The van der Waals surface area contributed by atoms with Gasteiger partial charge in [0, 0.05) is 23.1 Å². The fraction of sp³-hybridized carbons (Fsp3) is 0.130. The fourth-order valence-corrected chi connectivity index (χ4v) is 3.82. The lowest BCUT2D eigenvalue weighted by atomic mass is 10.2. The molecule has 4 aromatic rings. The van der Waals surface area contributed by atoms with E-state index < -0.39 is 22.8 Å². The number of carbonyl (C=O) groups excluding carboxylic acids is 1. The highest BCUT2D eigenvalue weighted by atomic mass is 35.5. The van der Waals surface area contributed by atoms with Crippen LogP contribution >= 0.6 is 11.6 Å². The van der Waals surface area contributed by atoms with E-state index in [1.807, 2.05) is 13.8 Å². The summed E-state index contributed by atoms with van der Waals surface area (Å²) in [6.45, 7) is 3.65. The van der Waals surface area contributed by atoms with Gasteiger partial charge in [0.2, 0.25) is 11.8 Å². The summed E-state index contributed by atoms with van der Waals surface area (Å²) in [5.74, 6) is 1.14. The van der Waals surface area contributed by atoms with Crippen LogP contribution in [0, 0.1) is 13.8 Å². The van der Waals surface area contributed by atoms with Gasteiger partial charge in [-0.15, -0.1) is 0 Å². The van der Waals surface area contributed by atoms with Crippen molar-refractivity contribution in [1.82, 2.24) is 24.9 Å². The first-order chi connectivity index (χ1) is 18.0. The third-order valence-corrected chi connectivity index (χ3v) is 5.78. The smallest absolute Gasteiger partial charge is 0.368 e. The van der Waals surface area contributed by atoms with Crippen molar-refractivity contribution >= 4 is 52.4 Å². The van der Waals surface area contributed by atoms with Gasteiger partial charge in [-0.05, 0) is 49.7 Å². The number of hydrogen-bond donors (Lipinski definition) is 4. The number of carbonyl (C=O) groups is 1. The second kappa shape index (κ2) is 9.30. The molecule has 0 radical (unpaired) electrons. The summed E-state index contributed by atoms with van der Waals surface area (Å²) in [5.41, 5.74) is 10.3. The lowest BCUT2D eigenvalue weighted by Gasteiger charge is -2.24. The minimum Gasteiger partial charge on any atom is -0.368 e. The van der Waals surface area contributed by atoms with E-state index >= 15 is 0 Å². The van der Waals surface area contributed by atoms with Crippen LogP contribution in [-0.4, -0.2) is 31.0 Å². The third kappa shape index (κ3) is 4.93. The topological polar surface area (TPSA) is 147 Å². The first-order valence-electron chi connectivity index (χ1n) is 11.0. The normalized spacial score (nSPS) is 12.1. The Bertz CT molecular complexity index is 1580. The van der Waals surface area contributed by atoms with Gasteiger partial charge in [0.05, 0.1) is 16.3 Å². The predicted octanol–water partition coefficient (Wildman–Crippen LogP) is 5.32. The molecule has 2 aromatic carbocycles. The average molecular weight is 543 g/mol. The number of anilines is 6. The van der Waals surface area contributed by atoms with Crippen molar-refractivity contribution in [2.24, 2.45) is 0 Å². The van der Waals surface area contributed by atoms with Crippen LogP contribution in [0.1, 0.15) is 16.7 Å². The van der Waals surface area contributed by atoms with E-state index in [1.165, 1.54) is 11.1 Å². The van der Waals surface area contributed by atoms with Crippen molar-refractivity contribution in [1.29, 1.82) is 0 Å². The first-order valence-corrected chi connectivity index (χ1v) is 11.3. The number of rotatable bonds is 4. The number of nitrogen functional groups attached to an aromatic ring is 1. The summed E-state index contributed by atoms with van der Waals surface area (Å²) >= 11 is 5.64. The Kier molecular flexibility index (Phi) is 6.11. The summed E-state index contributed by atoms with van der Waals surface area (Å²) in [6, 6.07) is 7.35. The molecule has 0 spiro atoms. The Labute approximate surface area is 218 Å². The number of halogens is 4. The van der Waals surface area contributed by atoms with Gasteiger partial charge in [-0.1, -0.05) is 17.7 Å². The van der Waals surface area contributed by atoms with Crippen LogP contribution in [0.25, 0.3) is 11.6 Å². The van der Waals surface area contributed by atoms with Gasteiger partial charge < -0.3 is 16.4 Å². The van der Waals surface area contributed by atoms with Gasteiger partial charge in [-0.2, -0.15) is 28.1 Å². The largest absolute Gasteiger partial charge is 0.417 e. The summed E-state index contributed by atoms with van der Waals surface area (Å²) in [5, 5.41) is 6.03. The van der Waals surface area contributed by atoms with Crippen LogP contribution < -0.4 is 26.8 Å². The molecule has 1 aliphatic heterocycles. The molecule has 4 bridgehead atoms. The molecule has 0 saturated carbocycles. The Balaban J connectivity index is 1.39. The number of fused-ring (bicyclic) bond motifs is 5. The molecule has 0 saturated heterocycles. The number of alkyl halides is 3. The van der Waals surface area contributed by atoms with Crippen molar-refractivity contribution in [2.45, 2.75) is 20.0 Å². The maximum Gasteiger partial charge on any atom is 0.417 e. The van der Waals surface area contributed by atoms with E-state index in [0.717, 1.165) is 23.3 Å². The van der Waals surface area contributed by atoms with E-state index in [9.17, 15) is 18.0 Å². The zero-order valence-corrected chi connectivity index (χ0v) is 20.5. The highest BCUT2D eigenvalue weighted by Crippen LogP contribution is 2.36. The molecule has 194 valence electrons. The maximum absolute atomic E-state index is 13.1. The number of hydrogen-bond acceptors (Lipinski definition) is 9. The molecule has 3 heterocycles. The monoisotopic (exact) mass is 542 g/mol. The molecule has 0 unspecified atom stereocenters. The molecule has 1 aliphatic rings. The SMILES string of the molecule is Cc1ccc(NC(=O)Nc2ccc(Cl)c(C(F)(F)F)c2)cc1NN1c2nc(N)nc(n2)-c2ncc(C)c1n2. The number of aryl methyl sites for hydroxylation is 2. The minimum atomic E-state index is -4.66. The van der Waals surface area contributed by atoms with Gasteiger partial charge in [-0.3, -0.25) is 5.43 Å². The van der Waals surface area contributed by atoms with Crippen LogP contribution in [0.2, 0.25) is 5.02 Å². The molecule has 2 amide bonds. The van der Waals surface area contributed by atoms with Crippen molar-refractivity contribution in [3.8, 4) is 11.6 Å². The van der Waals surface area contributed by atoms with Crippen LogP contribution in [-0.2, 0) is 6.18 Å². The van der Waals surface area contributed by atoms with Crippen LogP contribution in [0.3, 0.4) is 0 Å². The van der Waals surface area contributed by atoms with Gasteiger partial charge in [0.15, 0.2) is 11.6 Å². The fourth-order valence-electron chi connectivity index (χ4n) is 3.60. The zero-order valence-electron chi connectivity index (χ0n) is 19.7. The second-order valence-corrected chi connectivity index (χ2v) is 8.67. The molecule has 0 aliphatic carbocycles. The number of nitrogens with zero attached hydrogens (tertiary/aromatic N) is 6. The van der Waals surface area contributed by atoms with E-state index in [4.69, 9.17) is 17.3 Å². The summed E-state index contributed by atoms with van der Waals surface area (Å²) in [4.78, 5) is 34.0. The van der Waals surface area contributed by atoms with Gasteiger partial charge in [0.25, 0.3) is 5.95 Å². The average Bonchev–Trinajstić information content (AvgIpc) is 2.92. The standard InChI is InChI=1S/C23H18ClF3N10O/c1-10-3-4-13(31-22(38)30-12-5-6-15(24)14(7-12)23(25,26)27)8-16(10)36-37-19-11(2)9-29-17(32-19)18-33-20(28)35-21(37)34-18/h3-9,36H,1-2H3,(H2,30,31,38)(H2,28,33,34,35). The summed E-state index contributed by atoms with van der Waals surface area (Å²) in [7, 11) is 0. The lowest BCUT2D eigenvalue weighted by molar-refractivity contribution is -0.137. The number of hydrazine groups is 1. The highest BCUT2D eigenvalue weighted by Gasteiger charge is 2.33. The third-order valence-electron chi connectivity index (χ3n) is 5.46. The molecular formula is C23H18ClF3N10O. The molecular weight excluding hydrogens is 525 g/mol. The van der Waals surface area contributed by atoms with Crippen molar-refractivity contribution in [2.75, 3.05) is 26.8 Å². The van der Waals surface area contributed by atoms with Crippen LogP contribution in [0.4, 0.5) is 52.7 Å². The Morgan fingerprint density at radius 3 is 2.39 bits per heavy atom. The number of nitrogens with two attached hydrogens (primary N) is 1. The quantitative estimate of drug-likeness (QED) is 0.269. The summed E-state index contributed by atoms with van der Waals surface area (Å²) < 4.78 is 39.4. The molecule has 0 atom stereocenters.